The Kier molecular flexibility index (Phi) is 9.52. The number of carboxylic acid groups (broad SMARTS) is 1. The number of nitrogens with one attached hydrogen (secondary N) is 4. The number of hydrogen-bond donors (Lipinski definition) is 5. The van der Waals surface area contributed by atoms with Crippen molar-refractivity contribution in [2.24, 2.45) is 0 Å². The van der Waals surface area contributed by atoms with E-state index in [1.807, 2.05) is 24.3 Å². The first-order valence-corrected chi connectivity index (χ1v) is 13.4. The van der Waals surface area contributed by atoms with Gasteiger partial charge in [-0.15, -0.1) is 0 Å². The SMILES string of the molecule is O=C(NC[C@H](NC(=O)c1c(Cl)cc(C(=O)NCc2cccc(Cl)c2)cc1Cl)C(=O)O)N[C@@H]1CCc2ccccc21. The van der Waals surface area contributed by atoms with Crippen molar-refractivity contribution in [3.05, 3.63) is 104 Å². The van der Waals surface area contributed by atoms with Crippen molar-refractivity contribution in [2.45, 2.75) is 31.5 Å². The van der Waals surface area contributed by atoms with E-state index >= 15 is 0 Å². The maximum atomic E-state index is 12.9. The van der Waals surface area contributed by atoms with Crippen LogP contribution in [0.15, 0.2) is 60.7 Å². The molecule has 1 aliphatic carbocycles. The average molecular weight is 604 g/mol. The number of amides is 4. The van der Waals surface area contributed by atoms with Gasteiger partial charge in [0.05, 0.1) is 28.2 Å². The lowest BCUT2D eigenvalue weighted by Crippen LogP contribution is -2.50. The van der Waals surface area contributed by atoms with Crippen molar-refractivity contribution in [2.75, 3.05) is 6.54 Å². The van der Waals surface area contributed by atoms with E-state index in [0.29, 0.717) is 5.02 Å². The van der Waals surface area contributed by atoms with Gasteiger partial charge in [0.25, 0.3) is 11.8 Å². The average Bonchev–Trinajstić information content (AvgIpc) is 3.31. The lowest BCUT2D eigenvalue weighted by Gasteiger charge is -2.19. The summed E-state index contributed by atoms with van der Waals surface area (Å²) in [6.07, 6.45) is 1.57. The van der Waals surface area contributed by atoms with Crippen molar-refractivity contribution >= 4 is 58.6 Å². The second-order valence-electron chi connectivity index (χ2n) is 9.14. The summed E-state index contributed by atoms with van der Waals surface area (Å²) in [5.74, 6) is -2.73. The lowest BCUT2D eigenvalue weighted by molar-refractivity contribution is -0.139. The normalized spacial score (nSPS) is 14.5. The first-order chi connectivity index (χ1) is 19.1. The van der Waals surface area contributed by atoms with Crippen molar-refractivity contribution < 1.29 is 24.3 Å². The van der Waals surface area contributed by atoms with Crippen molar-refractivity contribution in [1.82, 2.24) is 21.3 Å². The molecule has 0 saturated heterocycles. The molecule has 0 unspecified atom stereocenters. The third-order valence-electron chi connectivity index (χ3n) is 6.38. The molecule has 0 aliphatic heterocycles. The van der Waals surface area contributed by atoms with Crippen LogP contribution in [0.25, 0.3) is 0 Å². The van der Waals surface area contributed by atoms with Gasteiger partial charge in [0, 0.05) is 17.1 Å². The molecule has 0 saturated carbocycles. The highest BCUT2D eigenvalue weighted by Gasteiger charge is 2.27. The summed E-state index contributed by atoms with van der Waals surface area (Å²) in [6.45, 7) is -0.189. The number of carboxylic acids is 1. The summed E-state index contributed by atoms with van der Waals surface area (Å²) in [4.78, 5) is 49.8. The molecule has 0 fully saturated rings. The van der Waals surface area contributed by atoms with Crippen LogP contribution in [-0.2, 0) is 17.8 Å². The van der Waals surface area contributed by atoms with Crippen molar-refractivity contribution in [3.63, 3.8) is 0 Å². The molecule has 5 N–H and O–H groups in total. The third-order valence-corrected chi connectivity index (χ3v) is 7.21. The summed E-state index contributed by atoms with van der Waals surface area (Å²) < 4.78 is 0. The zero-order valence-electron chi connectivity index (χ0n) is 21.0. The van der Waals surface area contributed by atoms with Gasteiger partial charge in [0.2, 0.25) is 0 Å². The first kappa shape index (κ1) is 29.2. The van der Waals surface area contributed by atoms with E-state index < -0.39 is 29.9 Å². The predicted molar refractivity (Wildman–Crippen MR) is 152 cm³/mol. The molecule has 0 radical (unpaired) electrons. The minimum absolute atomic E-state index is 0.107. The molecule has 3 aromatic carbocycles. The zero-order valence-corrected chi connectivity index (χ0v) is 23.2. The van der Waals surface area contributed by atoms with Crippen LogP contribution in [0.3, 0.4) is 0 Å². The van der Waals surface area contributed by atoms with E-state index in [9.17, 15) is 24.3 Å². The van der Waals surface area contributed by atoms with Crippen LogP contribution in [0.4, 0.5) is 4.79 Å². The molecule has 3 aromatic rings. The fourth-order valence-corrected chi connectivity index (χ4v) is 5.27. The van der Waals surface area contributed by atoms with Gasteiger partial charge in [-0.3, -0.25) is 9.59 Å². The number of rotatable bonds is 9. The highest BCUT2D eigenvalue weighted by Crippen LogP contribution is 2.30. The van der Waals surface area contributed by atoms with Crippen molar-refractivity contribution in [1.29, 1.82) is 0 Å². The van der Waals surface area contributed by atoms with Crippen molar-refractivity contribution in [3.8, 4) is 0 Å². The second-order valence-corrected chi connectivity index (χ2v) is 10.4. The maximum absolute atomic E-state index is 12.9. The Morgan fingerprint density at radius 3 is 2.33 bits per heavy atom. The molecule has 2 atom stereocenters. The van der Waals surface area contributed by atoms with E-state index in [1.54, 1.807) is 24.3 Å². The smallest absolute Gasteiger partial charge is 0.328 e. The fourth-order valence-electron chi connectivity index (χ4n) is 4.39. The van der Waals surface area contributed by atoms with Gasteiger partial charge in [-0.1, -0.05) is 71.2 Å². The number of aliphatic carboxylic acids is 1. The van der Waals surface area contributed by atoms with E-state index in [4.69, 9.17) is 34.8 Å². The number of aryl methyl sites for hydroxylation is 1. The van der Waals surface area contributed by atoms with E-state index in [-0.39, 0.29) is 40.3 Å². The highest BCUT2D eigenvalue weighted by molar-refractivity contribution is 6.40. The molecule has 0 heterocycles. The number of hydrogen-bond acceptors (Lipinski definition) is 4. The number of halogens is 3. The summed E-state index contributed by atoms with van der Waals surface area (Å²) in [5.41, 5.74) is 2.86. The van der Waals surface area contributed by atoms with Gasteiger partial charge in [0.15, 0.2) is 0 Å². The largest absolute Gasteiger partial charge is 0.480 e. The van der Waals surface area contributed by atoms with Gasteiger partial charge >= 0.3 is 12.0 Å². The molecule has 9 nitrogen and oxygen atoms in total. The quantitative estimate of drug-likeness (QED) is 0.241. The van der Waals surface area contributed by atoms with Crippen LogP contribution in [0.5, 0.6) is 0 Å². The topological polar surface area (TPSA) is 137 Å². The Balaban J connectivity index is 1.35. The Hall–Kier alpha value is -3.79. The molecule has 1 aliphatic rings. The monoisotopic (exact) mass is 602 g/mol. The van der Waals surface area contributed by atoms with Gasteiger partial charge in [-0.25, -0.2) is 9.59 Å². The fraction of sp³-hybridized carbons (Fsp3) is 0.214. The number of carbonyl (C=O) groups excluding carboxylic acids is 3. The molecule has 12 heteroatoms. The Labute approximate surface area is 245 Å². The van der Waals surface area contributed by atoms with Crippen LogP contribution in [-0.4, -0.2) is 41.5 Å². The van der Waals surface area contributed by atoms with Crippen LogP contribution in [0, 0.1) is 0 Å². The third kappa shape index (κ3) is 7.24. The zero-order chi connectivity index (χ0) is 28.8. The molecular formula is C28H25Cl3N4O5. The van der Waals surface area contributed by atoms with Gasteiger partial charge in [0.1, 0.15) is 6.04 Å². The second kappa shape index (κ2) is 13.0. The molecule has 40 heavy (non-hydrogen) atoms. The first-order valence-electron chi connectivity index (χ1n) is 12.3. The molecule has 208 valence electrons. The van der Waals surface area contributed by atoms with E-state index in [1.165, 1.54) is 12.1 Å². The summed E-state index contributed by atoms with van der Waals surface area (Å²) in [6, 6.07) is 15.0. The summed E-state index contributed by atoms with van der Waals surface area (Å²) >= 11 is 18.5. The van der Waals surface area contributed by atoms with E-state index in [0.717, 1.165) is 29.5 Å². The summed E-state index contributed by atoms with van der Waals surface area (Å²) in [7, 11) is 0. The standard InChI is InChI=1S/C28H25Cl3N4O5/c29-18-6-3-4-15(10-18)13-32-25(36)17-11-20(30)24(21(31)12-17)26(37)34-23(27(38)39)14-33-28(40)35-22-9-8-16-5-1-2-7-19(16)22/h1-7,10-12,22-23H,8-9,13-14H2,(H,32,36)(H,34,37)(H,38,39)(H2,33,35,40)/t22-,23+/m1/s1. The van der Waals surface area contributed by atoms with Crippen LogP contribution >= 0.6 is 34.8 Å². The number of fused-ring (bicyclic) bond motifs is 1. The number of carbonyl (C=O) groups is 4. The van der Waals surface area contributed by atoms with Crippen LogP contribution in [0.1, 0.15) is 49.9 Å². The Morgan fingerprint density at radius 2 is 1.62 bits per heavy atom. The summed E-state index contributed by atoms with van der Waals surface area (Å²) in [5, 5.41) is 20.2. The molecule has 0 bridgehead atoms. The Bertz CT molecular complexity index is 1440. The van der Waals surface area contributed by atoms with Gasteiger partial charge in [-0.2, -0.15) is 0 Å². The number of benzene rings is 3. The van der Waals surface area contributed by atoms with Crippen LogP contribution < -0.4 is 21.3 Å². The minimum atomic E-state index is -1.47. The van der Waals surface area contributed by atoms with Crippen LogP contribution in [0.2, 0.25) is 15.1 Å². The molecular weight excluding hydrogens is 579 g/mol. The van der Waals surface area contributed by atoms with Gasteiger partial charge < -0.3 is 26.4 Å². The molecule has 4 rings (SSSR count). The maximum Gasteiger partial charge on any atom is 0.328 e. The molecule has 0 spiro atoms. The lowest BCUT2D eigenvalue weighted by atomic mass is 10.1. The molecule has 4 amide bonds. The van der Waals surface area contributed by atoms with Gasteiger partial charge in [-0.05, 0) is 53.8 Å². The van der Waals surface area contributed by atoms with E-state index in [2.05, 4.69) is 21.3 Å². The number of urea groups is 1. The predicted octanol–water partition coefficient (Wildman–Crippen LogP) is 4.75. The molecule has 0 aromatic heterocycles. The minimum Gasteiger partial charge on any atom is -0.480 e. The Morgan fingerprint density at radius 1 is 0.900 bits per heavy atom. The highest BCUT2D eigenvalue weighted by atomic mass is 35.5.